The van der Waals surface area contributed by atoms with E-state index >= 15 is 0 Å². The number of hydrogen-bond acceptors (Lipinski definition) is 1. The minimum atomic E-state index is -0.138. The van der Waals surface area contributed by atoms with Gasteiger partial charge in [-0.25, -0.2) is 0 Å². The molecule has 0 saturated carbocycles. The lowest BCUT2D eigenvalue weighted by atomic mass is 10.2. The Kier molecular flexibility index (Phi) is 5.12. The molecule has 0 aromatic heterocycles. The van der Waals surface area contributed by atoms with Crippen molar-refractivity contribution >= 4 is 39.1 Å². The van der Waals surface area contributed by atoms with Crippen molar-refractivity contribution in [3.8, 4) is 0 Å². The molecule has 1 rings (SSSR count). The van der Waals surface area contributed by atoms with Gasteiger partial charge in [0.25, 0.3) is 0 Å². The number of hydrogen-bond donors (Lipinski definition) is 1. The first-order valence-electron chi connectivity index (χ1n) is 4.84. The van der Waals surface area contributed by atoms with Crippen molar-refractivity contribution in [1.82, 2.24) is 0 Å². The second kappa shape index (κ2) is 6.13. The molecule has 0 saturated heterocycles. The molecule has 0 aliphatic rings. The average molecular weight is 291 g/mol. The van der Waals surface area contributed by atoms with E-state index in [1.54, 1.807) is 18.2 Å². The Balaban J connectivity index is 2.58. The lowest BCUT2D eigenvalue weighted by molar-refractivity contribution is -0.115. The van der Waals surface area contributed by atoms with E-state index in [9.17, 15) is 4.79 Å². The van der Waals surface area contributed by atoms with E-state index in [0.717, 1.165) is 18.5 Å². The quantitative estimate of drug-likeness (QED) is 0.839. The molecule has 0 fully saturated rings. The first kappa shape index (κ1) is 12.5. The molecule has 0 spiro atoms. The molecule has 0 bridgehead atoms. The minimum Gasteiger partial charge on any atom is -0.325 e. The van der Waals surface area contributed by atoms with Crippen molar-refractivity contribution in [2.75, 3.05) is 5.32 Å². The van der Waals surface area contributed by atoms with Gasteiger partial charge in [-0.15, -0.1) is 0 Å². The fourth-order valence-corrected chi connectivity index (χ4v) is 1.93. The Labute approximate surface area is 103 Å². The number of nitrogens with one attached hydrogen (secondary N) is 1. The molecule has 1 unspecified atom stereocenters. The first-order chi connectivity index (χ1) is 7.13. The van der Waals surface area contributed by atoms with E-state index in [-0.39, 0.29) is 10.7 Å². The highest BCUT2D eigenvalue weighted by atomic mass is 79.9. The molecule has 4 heteroatoms. The summed E-state index contributed by atoms with van der Waals surface area (Å²) in [5, 5.41) is 3.42. The Morgan fingerprint density at radius 3 is 2.93 bits per heavy atom. The number of halogens is 2. The summed E-state index contributed by atoms with van der Waals surface area (Å²) in [7, 11) is 0. The van der Waals surface area contributed by atoms with Crippen molar-refractivity contribution in [3.63, 3.8) is 0 Å². The fraction of sp³-hybridized carbons (Fsp3) is 0.364. The van der Waals surface area contributed by atoms with Gasteiger partial charge in [0, 0.05) is 10.7 Å². The van der Waals surface area contributed by atoms with Crippen LogP contribution in [0.5, 0.6) is 0 Å². The van der Waals surface area contributed by atoms with Gasteiger partial charge in [0.2, 0.25) is 5.91 Å². The van der Waals surface area contributed by atoms with Gasteiger partial charge in [-0.2, -0.15) is 0 Å². The van der Waals surface area contributed by atoms with Crippen LogP contribution in [0.1, 0.15) is 19.8 Å². The summed E-state index contributed by atoms with van der Waals surface area (Å²) in [6.07, 6.45) is 1.80. The fourth-order valence-electron chi connectivity index (χ4n) is 1.17. The number of amides is 1. The van der Waals surface area contributed by atoms with Crippen LogP contribution in [-0.4, -0.2) is 10.7 Å². The third kappa shape index (κ3) is 4.22. The highest BCUT2D eigenvalue weighted by molar-refractivity contribution is 9.10. The van der Waals surface area contributed by atoms with Crippen LogP contribution in [0.15, 0.2) is 24.3 Å². The summed E-state index contributed by atoms with van der Waals surface area (Å²) in [5.41, 5.74) is 0.730. The number of alkyl halides is 1. The monoisotopic (exact) mass is 289 g/mol. The Hall–Kier alpha value is -0.540. The number of carbonyl (C=O) groups is 1. The molecule has 1 aromatic rings. The van der Waals surface area contributed by atoms with E-state index in [0.29, 0.717) is 5.02 Å². The molecule has 0 radical (unpaired) electrons. The number of benzene rings is 1. The van der Waals surface area contributed by atoms with Crippen LogP contribution >= 0.6 is 27.5 Å². The van der Waals surface area contributed by atoms with E-state index in [4.69, 9.17) is 11.6 Å². The molecule has 82 valence electrons. The van der Waals surface area contributed by atoms with Gasteiger partial charge in [0.15, 0.2) is 0 Å². The van der Waals surface area contributed by atoms with Crippen molar-refractivity contribution < 1.29 is 4.79 Å². The van der Waals surface area contributed by atoms with E-state index in [1.807, 2.05) is 13.0 Å². The van der Waals surface area contributed by atoms with Gasteiger partial charge in [0.05, 0.1) is 4.83 Å². The Morgan fingerprint density at radius 2 is 2.33 bits per heavy atom. The normalized spacial score (nSPS) is 12.2. The lowest BCUT2D eigenvalue weighted by Gasteiger charge is -2.09. The van der Waals surface area contributed by atoms with Gasteiger partial charge in [-0.1, -0.05) is 46.9 Å². The molecule has 1 aromatic carbocycles. The maximum absolute atomic E-state index is 11.6. The second-order valence-corrected chi connectivity index (χ2v) is 4.80. The molecular weight excluding hydrogens is 277 g/mol. The third-order valence-corrected chi connectivity index (χ3v) is 3.03. The van der Waals surface area contributed by atoms with E-state index in [1.165, 1.54) is 0 Å². The SMILES string of the molecule is CCCC(Br)C(=O)Nc1cccc(Cl)c1. The maximum atomic E-state index is 11.6. The smallest absolute Gasteiger partial charge is 0.238 e. The van der Waals surface area contributed by atoms with Crippen molar-refractivity contribution in [2.45, 2.75) is 24.6 Å². The third-order valence-electron chi connectivity index (χ3n) is 1.92. The summed E-state index contributed by atoms with van der Waals surface area (Å²) in [5.74, 6) is -0.0286. The summed E-state index contributed by atoms with van der Waals surface area (Å²) in [4.78, 5) is 11.5. The molecular formula is C11H13BrClNO. The van der Waals surface area contributed by atoms with Gasteiger partial charge in [-0.3, -0.25) is 4.79 Å². The van der Waals surface area contributed by atoms with Crippen LogP contribution in [0.3, 0.4) is 0 Å². The largest absolute Gasteiger partial charge is 0.325 e. The highest BCUT2D eigenvalue weighted by Gasteiger charge is 2.13. The Bertz CT molecular complexity index is 343. The molecule has 0 aliphatic heterocycles. The highest BCUT2D eigenvalue weighted by Crippen LogP contribution is 2.17. The van der Waals surface area contributed by atoms with Crippen molar-refractivity contribution in [1.29, 1.82) is 0 Å². The first-order valence-corrected chi connectivity index (χ1v) is 6.13. The van der Waals surface area contributed by atoms with Crippen LogP contribution in [0.25, 0.3) is 0 Å². The summed E-state index contributed by atoms with van der Waals surface area (Å²) in [6, 6.07) is 7.12. The summed E-state index contributed by atoms with van der Waals surface area (Å²) >= 11 is 9.14. The predicted molar refractivity (Wildman–Crippen MR) is 67.7 cm³/mol. The zero-order valence-electron chi connectivity index (χ0n) is 8.47. The molecule has 2 nitrogen and oxygen atoms in total. The van der Waals surface area contributed by atoms with Gasteiger partial charge < -0.3 is 5.32 Å². The van der Waals surface area contributed by atoms with Crippen LogP contribution in [0.2, 0.25) is 5.02 Å². The van der Waals surface area contributed by atoms with Gasteiger partial charge >= 0.3 is 0 Å². The Morgan fingerprint density at radius 1 is 1.60 bits per heavy atom. The topological polar surface area (TPSA) is 29.1 Å². The van der Waals surface area contributed by atoms with Crippen molar-refractivity contribution in [2.24, 2.45) is 0 Å². The standard InChI is InChI=1S/C11H13BrClNO/c1-2-4-10(12)11(15)14-9-6-3-5-8(13)7-9/h3,5-7,10H,2,4H2,1H3,(H,14,15). The minimum absolute atomic E-state index is 0.0286. The average Bonchev–Trinajstić information content (AvgIpc) is 2.18. The number of anilines is 1. The second-order valence-electron chi connectivity index (χ2n) is 3.26. The molecule has 15 heavy (non-hydrogen) atoms. The lowest BCUT2D eigenvalue weighted by Crippen LogP contribution is -2.22. The zero-order chi connectivity index (χ0) is 11.3. The van der Waals surface area contributed by atoms with Gasteiger partial charge in [-0.05, 0) is 24.6 Å². The van der Waals surface area contributed by atoms with Crippen LogP contribution < -0.4 is 5.32 Å². The van der Waals surface area contributed by atoms with Gasteiger partial charge in [0.1, 0.15) is 0 Å². The molecule has 0 heterocycles. The van der Waals surface area contributed by atoms with Crippen LogP contribution in [-0.2, 0) is 4.79 Å². The zero-order valence-corrected chi connectivity index (χ0v) is 10.8. The van der Waals surface area contributed by atoms with E-state index in [2.05, 4.69) is 21.2 Å². The number of rotatable bonds is 4. The number of carbonyl (C=O) groups excluding carboxylic acids is 1. The summed E-state index contributed by atoms with van der Waals surface area (Å²) < 4.78 is 0. The maximum Gasteiger partial charge on any atom is 0.238 e. The van der Waals surface area contributed by atoms with E-state index < -0.39 is 0 Å². The predicted octanol–water partition coefficient (Wildman–Crippen LogP) is 3.84. The summed E-state index contributed by atoms with van der Waals surface area (Å²) in [6.45, 7) is 2.04. The van der Waals surface area contributed by atoms with Crippen LogP contribution in [0, 0.1) is 0 Å². The molecule has 1 amide bonds. The van der Waals surface area contributed by atoms with Crippen LogP contribution in [0.4, 0.5) is 5.69 Å². The molecule has 0 aliphatic carbocycles. The van der Waals surface area contributed by atoms with Crippen molar-refractivity contribution in [3.05, 3.63) is 29.3 Å². The molecule has 1 N–H and O–H groups in total. The molecule has 1 atom stereocenters.